The minimum Gasteiger partial charge on any atom is -0.392 e. The zero-order valence-corrected chi connectivity index (χ0v) is 19.2. The van der Waals surface area contributed by atoms with Crippen molar-refractivity contribution in [2.45, 2.75) is 57.8 Å². The topological polar surface area (TPSA) is 105 Å². The molecule has 1 heterocycles. The average Bonchev–Trinajstić information content (AvgIpc) is 3.22. The highest BCUT2D eigenvalue weighted by Gasteiger charge is 2.47. The van der Waals surface area contributed by atoms with Gasteiger partial charge in [0.15, 0.2) is 14.6 Å². The fraction of sp³-hybridized carbons (Fsp3) is 0.455. The molecule has 0 fully saturated rings. The van der Waals surface area contributed by atoms with E-state index in [2.05, 4.69) is 30.2 Å². The van der Waals surface area contributed by atoms with Crippen LogP contribution < -0.4 is 5.48 Å². The van der Waals surface area contributed by atoms with Gasteiger partial charge in [-0.2, -0.15) is 0 Å². The molecule has 2 N–H and O–H groups in total. The Morgan fingerprint density at radius 1 is 1.33 bits per heavy atom. The molecule has 0 saturated carbocycles. The van der Waals surface area contributed by atoms with E-state index >= 15 is 0 Å². The van der Waals surface area contributed by atoms with E-state index in [1.165, 1.54) is 12.4 Å². The Hall–Kier alpha value is -2.63. The van der Waals surface area contributed by atoms with Crippen molar-refractivity contribution in [3.8, 4) is 11.8 Å². The Labute approximate surface area is 180 Å². The SMILES string of the molecule is C=C.CC.CCC#Cc1ccc(C2=NOC(CC(C)(C(=O)NO)S(C)(=O)=O)C2)cc1. The second kappa shape index (κ2) is 12.8. The molecule has 2 unspecified atom stereocenters. The Morgan fingerprint density at radius 3 is 2.37 bits per heavy atom. The summed E-state index contributed by atoms with van der Waals surface area (Å²) in [6.07, 6.45) is 1.40. The molecule has 7 nitrogen and oxygen atoms in total. The number of nitrogens with zero attached hydrogens (tertiary/aromatic N) is 1. The van der Waals surface area contributed by atoms with E-state index in [0.717, 1.165) is 23.8 Å². The van der Waals surface area contributed by atoms with Crippen LogP contribution in [0.5, 0.6) is 0 Å². The summed E-state index contributed by atoms with van der Waals surface area (Å²) < 4.78 is 22.3. The number of sulfone groups is 1. The summed E-state index contributed by atoms with van der Waals surface area (Å²) in [4.78, 5) is 17.2. The fourth-order valence-corrected chi connectivity index (χ4v) is 3.48. The highest BCUT2D eigenvalue weighted by Crippen LogP contribution is 2.29. The minimum atomic E-state index is -3.78. The second-order valence-electron chi connectivity index (χ2n) is 6.35. The number of benzene rings is 1. The number of oxime groups is 1. The lowest BCUT2D eigenvalue weighted by Crippen LogP contribution is -2.51. The van der Waals surface area contributed by atoms with E-state index in [9.17, 15) is 13.2 Å². The molecule has 1 aromatic carbocycles. The third-order valence-corrected chi connectivity index (χ3v) is 6.37. The Balaban J connectivity index is 0.00000198. The Bertz CT molecular complexity index is 882. The first kappa shape index (κ1) is 27.4. The summed E-state index contributed by atoms with van der Waals surface area (Å²) in [7, 11) is -3.78. The van der Waals surface area contributed by atoms with Crippen molar-refractivity contribution in [3.05, 3.63) is 48.6 Å². The summed E-state index contributed by atoms with van der Waals surface area (Å²) in [5, 5.41) is 12.9. The van der Waals surface area contributed by atoms with Gasteiger partial charge in [0.05, 0.1) is 5.71 Å². The van der Waals surface area contributed by atoms with Gasteiger partial charge in [-0.1, -0.05) is 49.9 Å². The zero-order chi connectivity index (χ0) is 23.4. The molecule has 0 radical (unpaired) electrons. The largest absolute Gasteiger partial charge is 0.392 e. The third kappa shape index (κ3) is 7.01. The lowest BCUT2D eigenvalue weighted by atomic mass is 9.96. The smallest absolute Gasteiger partial charge is 0.264 e. The van der Waals surface area contributed by atoms with Gasteiger partial charge in [0.25, 0.3) is 5.91 Å². The molecule has 1 amide bonds. The van der Waals surface area contributed by atoms with Crippen molar-refractivity contribution in [3.63, 3.8) is 0 Å². The lowest BCUT2D eigenvalue weighted by molar-refractivity contribution is -0.132. The number of hydrogen-bond donors (Lipinski definition) is 2. The van der Waals surface area contributed by atoms with Crippen molar-refractivity contribution in [2.24, 2.45) is 5.16 Å². The highest BCUT2D eigenvalue weighted by molar-refractivity contribution is 7.92. The number of hydrogen-bond acceptors (Lipinski definition) is 6. The van der Waals surface area contributed by atoms with Crippen molar-refractivity contribution in [2.75, 3.05) is 6.26 Å². The summed E-state index contributed by atoms with van der Waals surface area (Å²) in [5.41, 5.74) is 3.85. The zero-order valence-electron chi connectivity index (χ0n) is 18.4. The van der Waals surface area contributed by atoms with Crippen molar-refractivity contribution < 1.29 is 23.3 Å². The van der Waals surface area contributed by atoms with Crippen LogP contribution in [-0.2, 0) is 19.5 Å². The molecule has 0 saturated heterocycles. The van der Waals surface area contributed by atoms with Gasteiger partial charge in [-0.15, -0.1) is 13.2 Å². The van der Waals surface area contributed by atoms with Gasteiger partial charge in [-0.05, 0) is 24.6 Å². The minimum absolute atomic E-state index is 0.120. The predicted molar refractivity (Wildman–Crippen MR) is 120 cm³/mol. The van der Waals surface area contributed by atoms with Gasteiger partial charge in [0.2, 0.25) is 0 Å². The highest BCUT2D eigenvalue weighted by atomic mass is 32.2. The monoisotopic (exact) mass is 436 g/mol. The lowest BCUT2D eigenvalue weighted by Gasteiger charge is -2.26. The van der Waals surface area contributed by atoms with Gasteiger partial charge < -0.3 is 4.84 Å². The van der Waals surface area contributed by atoms with Crippen molar-refractivity contribution >= 4 is 21.5 Å². The van der Waals surface area contributed by atoms with Crippen LogP contribution in [0.3, 0.4) is 0 Å². The molecule has 0 aromatic heterocycles. The number of rotatable bonds is 5. The first-order chi connectivity index (χ1) is 14.2. The molecular formula is C22H32N2O5S. The molecule has 8 heteroatoms. The number of nitrogens with one attached hydrogen (secondary N) is 1. The molecule has 1 aromatic rings. The van der Waals surface area contributed by atoms with Crippen molar-refractivity contribution in [1.29, 1.82) is 0 Å². The van der Waals surface area contributed by atoms with Crippen LogP contribution in [0.15, 0.2) is 42.6 Å². The number of amides is 1. The van der Waals surface area contributed by atoms with E-state index in [0.29, 0.717) is 12.1 Å². The van der Waals surface area contributed by atoms with Crippen molar-refractivity contribution in [1.82, 2.24) is 5.48 Å². The van der Waals surface area contributed by atoms with E-state index in [-0.39, 0.29) is 6.42 Å². The van der Waals surface area contributed by atoms with Gasteiger partial charge in [-0.25, -0.2) is 13.9 Å². The van der Waals surface area contributed by atoms with Crippen LogP contribution in [0.4, 0.5) is 0 Å². The summed E-state index contributed by atoms with van der Waals surface area (Å²) in [6, 6.07) is 7.52. The third-order valence-electron chi connectivity index (χ3n) is 4.38. The molecule has 2 atom stereocenters. The van der Waals surface area contributed by atoms with Crippen LogP contribution in [0.2, 0.25) is 0 Å². The molecule has 1 aliphatic heterocycles. The van der Waals surface area contributed by atoms with Crippen LogP contribution in [0, 0.1) is 11.8 Å². The standard InChI is InChI=1S/C18H22N2O5S.C2H6.C2H4/c1-4-5-6-13-7-9-14(10-8-13)16-11-15(25-20-16)12-18(2,17(21)19-22)26(3,23)24;2*1-2/h7-10,15,22H,4,11-12H2,1-3H3,(H,19,21);1-2H3;1-2H2. The van der Waals surface area contributed by atoms with Crippen LogP contribution in [-0.4, -0.2) is 42.4 Å². The molecule has 1 aliphatic rings. The quantitative estimate of drug-likeness (QED) is 0.318. The van der Waals surface area contributed by atoms with E-state index in [4.69, 9.17) is 10.0 Å². The maximum Gasteiger partial charge on any atom is 0.264 e. The molecule has 30 heavy (non-hydrogen) atoms. The molecule has 0 bridgehead atoms. The first-order valence-electron chi connectivity index (χ1n) is 9.67. The van der Waals surface area contributed by atoms with Gasteiger partial charge in [-0.3, -0.25) is 10.0 Å². The van der Waals surface area contributed by atoms with Crippen LogP contribution in [0.25, 0.3) is 0 Å². The number of carbonyl (C=O) groups is 1. The maximum absolute atomic E-state index is 12.0. The second-order valence-corrected chi connectivity index (χ2v) is 8.80. The predicted octanol–water partition coefficient (Wildman–Crippen LogP) is 3.47. The fourth-order valence-electron chi connectivity index (χ4n) is 2.61. The van der Waals surface area contributed by atoms with Crippen LogP contribution >= 0.6 is 0 Å². The molecule has 0 aliphatic carbocycles. The van der Waals surface area contributed by atoms with Crippen LogP contribution in [0.1, 0.15) is 58.1 Å². The molecular weight excluding hydrogens is 404 g/mol. The number of carbonyl (C=O) groups excluding carboxylic acids is 1. The van der Waals surface area contributed by atoms with E-state index in [1.54, 1.807) is 0 Å². The van der Waals surface area contributed by atoms with Gasteiger partial charge in [0, 0.05) is 31.1 Å². The van der Waals surface area contributed by atoms with E-state index in [1.807, 2.05) is 45.0 Å². The van der Waals surface area contributed by atoms with Gasteiger partial charge in [0.1, 0.15) is 6.10 Å². The molecule has 2 rings (SSSR count). The average molecular weight is 437 g/mol. The molecule has 166 valence electrons. The first-order valence-corrected chi connectivity index (χ1v) is 11.6. The summed E-state index contributed by atoms with van der Waals surface area (Å²) >= 11 is 0. The normalized spacial score (nSPS) is 16.6. The Kier molecular flexibility index (Phi) is 11.7. The maximum atomic E-state index is 12.0. The summed E-state index contributed by atoms with van der Waals surface area (Å²) in [5.74, 6) is 5.04. The number of hydroxylamine groups is 1. The Morgan fingerprint density at radius 2 is 1.90 bits per heavy atom. The summed E-state index contributed by atoms with van der Waals surface area (Å²) in [6.45, 7) is 13.2. The van der Waals surface area contributed by atoms with Gasteiger partial charge >= 0.3 is 0 Å². The molecule has 0 spiro atoms. The van der Waals surface area contributed by atoms with E-state index < -0.39 is 26.6 Å².